The molecule has 4 rings (SSSR count). The van der Waals surface area contributed by atoms with Crippen LogP contribution < -0.4 is 5.32 Å². The minimum atomic E-state index is -1.22. The molecule has 2 aromatic rings. The van der Waals surface area contributed by atoms with Gasteiger partial charge < -0.3 is 20.4 Å². The number of carboxylic acid groups (broad SMARTS) is 1. The Hall–Kier alpha value is -3.20. The van der Waals surface area contributed by atoms with Gasteiger partial charge in [0, 0.05) is 28.6 Å². The van der Waals surface area contributed by atoms with Crippen LogP contribution in [-0.2, 0) is 20.9 Å². The molecule has 2 amide bonds. The van der Waals surface area contributed by atoms with Crippen LogP contribution in [0.3, 0.4) is 0 Å². The number of nitrogens with one attached hydrogen (secondary N) is 1. The summed E-state index contributed by atoms with van der Waals surface area (Å²) in [7, 11) is 0. The number of rotatable bonds is 6. The number of amides is 2. The molecule has 0 atom stereocenters. The predicted molar refractivity (Wildman–Crippen MR) is 119 cm³/mol. The van der Waals surface area contributed by atoms with Crippen LogP contribution >= 0.6 is 11.3 Å². The van der Waals surface area contributed by atoms with Crippen molar-refractivity contribution in [2.24, 2.45) is 5.41 Å². The molecule has 1 aliphatic heterocycles. The van der Waals surface area contributed by atoms with Crippen LogP contribution in [-0.4, -0.2) is 51.0 Å². The van der Waals surface area contributed by atoms with E-state index < -0.39 is 29.7 Å². The van der Waals surface area contributed by atoms with Gasteiger partial charge in [0.15, 0.2) is 0 Å². The Labute approximate surface area is 189 Å². The van der Waals surface area contributed by atoms with Crippen LogP contribution in [0.2, 0.25) is 0 Å². The molecular formula is C23H25N3O5S. The van der Waals surface area contributed by atoms with Crippen molar-refractivity contribution in [2.45, 2.75) is 38.6 Å². The lowest BCUT2D eigenvalue weighted by atomic mass is 9.69. The molecular weight excluding hydrogens is 430 g/mol. The maximum atomic E-state index is 13.2. The first-order chi connectivity index (χ1) is 15.4. The van der Waals surface area contributed by atoms with Crippen molar-refractivity contribution in [2.75, 3.05) is 13.1 Å². The standard InChI is InChI=1S/C23H25N3O5S/c27-17(28)12-24-20(30)18-19(29)23(9-5-2-6-10-23)14-26(22(18)31)13-16-11-25-21(32-16)15-7-3-1-4-8-15/h1,3-4,7-8,11,29H,2,5-6,9-10,12-14H2,(H,24,30)(H,27,28). The summed E-state index contributed by atoms with van der Waals surface area (Å²) in [5.74, 6) is -2.85. The van der Waals surface area contributed by atoms with Crippen molar-refractivity contribution in [3.05, 3.63) is 52.7 Å². The number of aliphatic carboxylic acids is 1. The summed E-state index contributed by atoms with van der Waals surface area (Å²) in [5, 5.41) is 23.0. The van der Waals surface area contributed by atoms with Crippen LogP contribution in [0, 0.1) is 5.41 Å². The number of carbonyl (C=O) groups excluding carboxylic acids is 2. The van der Waals surface area contributed by atoms with E-state index in [9.17, 15) is 19.5 Å². The molecule has 8 nitrogen and oxygen atoms in total. The lowest BCUT2D eigenvalue weighted by molar-refractivity contribution is -0.139. The molecule has 2 heterocycles. The van der Waals surface area contributed by atoms with E-state index in [1.54, 1.807) is 11.1 Å². The minimum absolute atomic E-state index is 0.199. The van der Waals surface area contributed by atoms with Gasteiger partial charge in [-0.25, -0.2) is 4.98 Å². The van der Waals surface area contributed by atoms with Gasteiger partial charge in [-0.2, -0.15) is 0 Å². The van der Waals surface area contributed by atoms with Crippen LogP contribution in [0.5, 0.6) is 0 Å². The largest absolute Gasteiger partial charge is 0.511 e. The quantitative estimate of drug-likeness (QED) is 0.576. The second-order valence-corrected chi connectivity index (χ2v) is 9.42. The predicted octanol–water partition coefficient (Wildman–Crippen LogP) is 3.12. The zero-order valence-corrected chi connectivity index (χ0v) is 18.4. The summed E-state index contributed by atoms with van der Waals surface area (Å²) in [6.45, 7) is -0.0226. The summed E-state index contributed by atoms with van der Waals surface area (Å²) in [6, 6.07) is 9.75. The van der Waals surface area contributed by atoms with E-state index in [1.165, 1.54) is 11.3 Å². The van der Waals surface area contributed by atoms with Crippen molar-refractivity contribution in [1.29, 1.82) is 0 Å². The molecule has 1 fully saturated rings. The normalized spacial score (nSPS) is 18.1. The zero-order chi connectivity index (χ0) is 22.7. The van der Waals surface area contributed by atoms with E-state index in [-0.39, 0.29) is 17.9 Å². The fourth-order valence-electron chi connectivity index (χ4n) is 4.52. The number of aliphatic hydroxyl groups excluding tert-OH is 1. The van der Waals surface area contributed by atoms with E-state index in [0.29, 0.717) is 19.4 Å². The highest BCUT2D eigenvalue weighted by molar-refractivity contribution is 7.15. The molecule has 1 saturated carbocycles. The van der Waals surface area contributed by atoms with Crippen LogP contribution in [0.15, 0.2) is 47.9 Å². The Morgan fingerprint density at radius 2 is 1.88 bits per heavy atom. The Morgan fingerprint density at radius 1 is 1.16 bits per heavy atom. The number of carboxylic acids is 1. The molecule has 2 aliphatic rings. The minimum Gasteiger partial charge on any atom is -0.511 e. The Bertz CT molecular complexity index is 1060. The number of thiazole rings is 1. The molecule has 3 N–H and O–H groups in total. The molecule has 9 heteroatoms. The molecule has 32 heavy (non-hydrogen) atoms. The third-order valence-corrected chi connectivity index (χ3v) is 7.12. The van der Waals surface area contributed by atoms with Gasteiger partial charge in [0.05, 0.1) is 6.54 Å². The summed E-state index contributed by atoms with van der Waals surface area (Å²) in [6.07, 6.45) is 5.92. The molecule has 0 saturated heterocycles. The first kappa shape index (κ1) is 22.0. The number of nitrogens with zero attached hydrogens (tertiary/aromatic N) is 2. The van der Waals surface area contributed by atoms with E-state index in [2.05, 4.69) is 10.3 Å². The number of aliphatic hydroxyl groups is 1. The molecule has 1 spiro atoms. The van der Waals surface area contributed by atoms with Gasteiger partial charge in [0.25, 0.3) is 11.8 Å². The molecule has 1 aromatic heterocycles. The van der Waals surface area contributed by atoms with Crippen LogP contribution in [0.25, 0.3) is 10.6 Å². The average Bonchev–Trinajstić information content (AvgIpc) is 3.26. The maximum Gasteiger partial charge on any atom is 0.322 e. The molecule has 168 valence electrons. The number of carbonyl (C=O) groups is 3. The summed E-state index contributed by atoms with van der Waals surface area (Å²) in [5.41, 5.74) is -0.0226. The van der Waals surface area contributed by atoms with Crippen molar-refractivity contribution in [3.63, 3.8) is 0 Å². The third-order valence-electron chi connectivity index (χ3n) is 6.09. The first-order valence-corrected chi connectivity index (χ1v) is 11.4. The fraction of sp³-hybridized carbons (Fsp3) is 0.391. The number of benzene rings is 1. The monoisotopic (exact) mass is 455 g/mol. The smallest absolute Gasteiger partial charge is 0.322 e. The third kappa shape index (κ3) is 4.38. The summed E-state index contributed by atoms with van der Waals surface area (Å²) < 4.78 is 0. The molecule has 1 aromatic carbocycles. The highest BCUT2D eigenvalue weighted by atomic mass is 32.1. The van der Waals surface area contributed by atoms with Gasteiger partial charge in [-0.1, -0.05) is 49.6 Å². The molecule has 1 aliphatic carbocycles. The van der Waals surface area contributed by atoms with Crippen LogP contribution in [0.1, 0.15) is 37.0 Å². The van der Waals surface area contributed by atoms with Gasteiger partial charge in [-0.3, -0.25) is 14.4 Å². The van der Waals surface area contributed by atoms with E-state index in [1.807, 2.05) is 30.3 Å². The number of hydrogen-bond donors (Lipinski definition) is 3. The summed E-state index contributed by atoms with van der Waals surface area (Å²) in [4.78, 5) is 43.7. The number of aromatic nitrogens is 1. The lowest BCUT2D eigenvalue weighted by Gasteiger charge is -2.44. The first-order valence-electron chi connectivity index (χ1n) is 10.6. The second-order valence-electron chi connectivity index (χ2n) is 8.30. The van der Waals surface area contributed by atoms with Gasteiger partial charge >= 0.3 is 5.97 Å². The lowest BCUT2D eigenvalue weighted by Crippen LogP contribution is -2.51. The van der Waals surface area contributed by atoms with Gasteiger partial charge in [-0.05, 0) is 12.8 Å². The highest BCUT2D eigenvalue weighted by Gasteiger charge is 2.47. The Kier molecular flexibility index (Phi) is 6.27. The fourth-order valence-corrected chi connectivity index (χ4v) is 5.45. The Balaban J connectivity index is 1.61. The molecule has 0 bridgehead atoms. The van der Waals surface area contributed by atoms with E-state index in [4.69, 9.17) is 5.11 Å². The molecule has 0 unspecified atom stereocenters. The zero-order valence-electron chi connectivity index (χ0n) is 17.5. The SMILES string of the molecule is O=C(O)CNC(=O)C1=C(O)C2(CCCCC2)CN(Cc2cnc(-c3ccccc3)s2)C1=O. The Morgan fingerprint density at radius 3 is 2.56 bits per heavy atom. The van der Waals surface area contributed by atoms with Crippen molar-refractivity contribution in [3.8, 4) is 10.6 Å². The maximum absolute atomic E-state index is 13.2. The van der Waals surface area contributed by atoms with Crippen molar-refractivity contribution in [1.82, 2.24) is 15.2 Å². The van der Waals surface area contributed by atoms with Crippen molar-refractivity contribution >= 4 is 29.1 Å². The molecule has 0 radical (unpaired) electrons. The van der Waals surface area contributed by atoms with Crippen molar-refractivity contribution < 1.29 is 24.6 Å². The van der Waals surface area contributed by atoms with Gasteiger partial charge in [-0.15, -0.1) is 11.3 Å². The second kappa shape index (κ2) is 9.12. The van der Waals surface area contributed by atoms with Crippen LogP contribution in [0.4, 0.5) is 0 Å². The summed E-state index contributed by atoms with van der Waals surface area (Å²) >= 11 is 1.48. The van der Waals surface area contributed by atoms with Gasteiger partial charge in [0.1, 0.15) is 22.9 Å². The number of hydrogen-bond acceptors (Lipinski definition) is 6. The van der Waals surface area contributed by atoms with E-state index in [0.717, 1.165) is 34.7 Å². The topological polar surface area (TPSA) is 120 Å². The van der Waals surface area contributed by atoms with Gasteiger partial charge in [0.2, 0.25) is 0 Å². The van der Waals surface area contributed by atoms with E-state index >= 15 is 0 Å². The average molecular weight is 456 g/mol. The highest BCUT2D eigenvalue weighted by Crippen LogP contribution is 2.46.